The molecule has 0 saturated carbocycles. The summed E-state index contributed by atoms with van der Waals surface area (Å²) in [4.78, 5) is 11.2. The summed E-state index contributed by atoms with van der Waals surface area (Å²) in [5.74, 6) is 0.293. The molecule has 2 aliphatic rings. The number of hydrogen-bond donors (Lipinski definition) is 1. The zero-order valence-corrected chi connectivity index (χ0v) is 14.3. The molecule has 0 saturated heterocycles. The molecule has 5 nitrogen and oxygen atoms in total. The molecule has 0 amide bonds. The highest BCUT2D eigenvalue weighted by Gasteiger charge is 2.41. The van der Waals surface area contributed by atoms with Crippen LogP contribution in [0.4, 0.5) is 15.8 Å². The number of rotatable bonds is 4. The number of halogens is 1. The van der Waals surface area contributed by atoms with E-state index in [2.05, 4.69) is 17.5 Å². The largest absolute Gasteiger partial charge is 0.494 e. The second-order valence-electron chi connectivity index (χ2n) is 6.59. The van der Waals surface area contributed by atoms with Crippen LogP contribution in [0.15, 0.2) is 48.6 Å². The van der Waals surface area contributed by atoms with Crippen LogP contribution in [0, 0.1) is 21.8 Å². The molecule has 6 heteroatoms. The van der Waals surface area contributed by atoms with Crippen LogP contribution in [0.25, 0.3) is 0 Å². The minimum Gasteiger partial charge on any atom is -0.494 e. The van der Waals surface area contributed by atoms with Crippen molar-refractivity contribution in [3.63, 3.8) is 0 Å². The fraction of sp³-hybridized carbons (Fsp3) is 0.300. The molecule has 0 unspecified atom stereocenters. The molecule has 1 aliphatic heterocycles. The first-order valence-corrected chi connectivity index (χ1v) is 8.73. The van der Waals surface area contributed by atoms with E-state index in [4.69, 9.17) is 4.74 Å². The van der Waals surface area contributed by atoms with Gasteiger partial charge in [0.25, 0.3) is 5.69 Å². The van der Waals surface area contributed by atoms with Crippen molar-refractivity contribution in [2.45, 2.75) is 25.3 Å². The van der Waals surface area contributed by atoms with E-state index in [0.717, 1.165) is 12.0 Å². The molecular formula is C20H19FN2O3. The Hall–Kier alpha value is -2.89. The lowest BCUT2D eigenvalue weighted by Crippen LogP contribution is -2.30. The lowest BCUT2D eigenvalue weighted by Gasteiger charge is -2.37. The van der Waals surface area contributed by atoms with Gasteiger partial charge in [0.1, 0.15) is 17.3 Å². The quantitative estimate of drug-likeness (QED) is 0.479. The summed E-state index contributed by atoms with van der Waals surface area (Å²) in [6.45, 7) is 2.28. The molecule has 26 heavy (non-hydrogen) atoms. The number of hydrogen-bond acceptors (Lipinski definition) is 4. The zero-order valence-electron chi connectivity index (χ0n) is 14.3. The summed E-state index contributed by atoms with van der Waals surface area (Å²) < 4.78 is 19.9. The molecule has 0 spiro atoms. The van der Waals surface area contributed by atoms with E-state index < -0.39 is 4.92 Å². The minimum absolute atomic E-state index is 0.00466. The Morgan fingerprint density at radius 2 is 2.12 bits per heavy atom. The van der Waals surface area contributed by atoms with Crippen LogP contribution in [0.2, 0.25) is 0 Å². The van der Waals surface area contributed by atoms with E-state index >= 15 is 0 Å². The van der Waals surface area contributed by atoms with Gasteiger partial charge in [-0.25, -0.2) is 4.39 Å². The fourth-order valence-electron chi connectivity index (χ4n) is 4.08. The van der Waals surface area contributed by atoms with Crippen LogP contribution in [-0.4, -0.2) is 11.5 Å². The Morgan fingerprint density at radius 3 is 2.85 bits per heavy atom. The van der Waals surface area contributed by atoms with Crippen LogP contribution in [0.5, 0.6) is 5.75 Å². The molecule has 0 fully saturated rings. The van der Waals surface area contributed by atoms with Gasteiger partial charge in [0, 0.05) is 11.5 Å². The standard InChI is InChI=1S/C20H19FN2O3/c1-2-26-12-10-16-13-7-5-8-14(13)19(15-6-3-4-9-17(15)21)22-20(16)18(11-12)23(24)25/h3-7,9-11,13-14,19,22H,2,8H2,1H3/t13-,14-,19+/m0/s1. The van der Waals surface area contributed by atoms with Crippen molar-refractivity contribution in [1.82, 2.24) is 0 Å². The van der Waals surface area contributed by atoms with Crippen LogP contribution in [0.3, 0.4) is 0 Å². The van der Waals surface area contributed by atoms with Gasteiger partial charge in [-0.05, 0) is 37.0 Å². The first-order valence-electron chi connectivity index (χ1n) is 8.73. The molecule has 3 atom stereocenters. The van der Waals surface area contributed by atoms with E-state index in [-0.39, 0.29) is 29.4 Å². The number of nitrogens with one attached hydrogen (secondary N) is 1. The molecular weight excluding hydrogens is 335 g/mol. The van der Waals surface area contributed by atoms with Crippen molar-refractivity contribution in [3.8, 4) is 5.75 Å². The van der Waals surface area contributed by atoms with Crippen LogP contribution in [-0.2, 0) is 0 Å². The van der Waals surface area contributed by atoms with Crippen LogP contribution < -0.4 is 10.1 Å². The normalized spacial score (nSPS) is 23.1. The van der Waals surface area contributed by atoms with E-state index in [1.165, 1.54) is 12.1 Å². The lowest BCUT2D eigenvalue weighted by molar-refractivity contribution is -0.384. The van der Waals surface area contributed by atoms with Gasteiger partial charge in [-0.2, -0.15) is 0 Å². The number of nitro benzene ring substituents is 1. The average molecular weight is 354 g/mol. The molecule has 134 valence electrons. The third-order valence-electron chi connectivity index (χ3n) is 5.17. The molecule has 1 aliphatic carbocycles. The molecule has 2 aromatic carbocycles. The Bertz CT molecular complexity index is 897. The van der Waals surface area contributed by atoms with Gasteiger partial charge < -0.3 is 10.1 Å². The van der Waals surface area contributed by atoms with Gasteiger partial charge in [-0.1, -0.05) is 30.4 Å². The Morgan fingerprint density at radius 1 is 1.31 bits per heavy atom. The van der Waals surface area contributed by atoms with Crippen LogP contribution in [0.1, 0.15) is 36.4 Å². The maximum Gasteiger partial charge on any atom is 0.296 e. The number of ether oxygens (including phenoxy) is 1. The zero-order chi connectivity index (χ0) is 18.3. The highest BCUT2D eigenvalue weighted by molar-refractivity contribution is 5.73. The third kappa shape index (κ3) is 2.62. The first kappa shape index (κ1) is 16.6. The number of anilines is 1. The molecule has 2 aromatic rings. The fourth-order valence-corrected chi connectivity index (χ4v) is 4.08. The van der Waals surface area contributed by atoms with E-state index in [1.807, 2.05) is 13.0 Å². The van der Waals surface area contributed by atoms with Crippen molar-refractivity contribution in [2.75, 3.05) is 11.9 Å². The number of allylic oxidation sites excluding steroid dienone is 2. The summed E-state index contributed by atoms with van der Waals surface area (Å²) in [6.07, 6.45) is 4.93. The van der Waals surface area contributed by atoms with Crippen molar-refractivity contribution in [2.24, 2.45) is 5.92 Å². The second-order valence-corrected chi connectivity index (χ2v) is 6.59. The molecule has 1 heterocycles. The smallest absolute Gasteiger partial charge is 0.296 e. The van der Waals surface area contributed by atoms with E-state index in [9.17, 15) is 14.5 Å². The summed E-state index contributed by atoms with van der Waals surface area (Å²) in [7, 11) is 0. The molecule has 4 rings (SSSR count). The minimum atomic E-state index is -0.411. The maximum absolute atomic E-state index is 14.4. The van der Waals surface area contributed by atoms with E-state index in [0.29, 0.717) is 23.6 Å². The Kier molecular flexibility index (Phi) is 4.11. The molecule has 0 radical (unpaired) electrons. The number of benzene rings is 2. The van der Waals surface area contributed by atoms with Gasteiger partial charge in [-0.15, -0.1) is 0 Å². The van der Waals surface area contributed by atoms with Gasteiger partial charge >= 0.3 is 0 Å². The molecule has 1 N–H and O–H groups in total. The predicted molar refractivity (Wildman–Crippen MR) is 97.0 cm³/mol. The Balaban J connectivity index is 1.87. The lowest BCUT2D eigenvalue weighted by atomic mass is 9.76. The number of fused-ring (bicyclic) bond motifs is 3. The van der Waals surface area contributed by atoms with E-state index in [1.54, 1.807) is 18.2 Å². The number of nitrogens with zero attached hydrogens (tertiary/aromatic N) is 1. The SMILES string of the molecule is CCOc1cc2c(c([N+](=O)[O-])c1)N[C@@H](c1ccccc1F)[C@H]1CC=C[C@H]21. The first-order chi connectivity index (χ1) is 12.6. The summed E-state index contributed by atoms with van der Waals surface area (Å²) in [5.41, 5.74) is 1.81. The highest BCUT2D eigenvalue weighted by atomic mass is 19.1. The van der Waals surface area contributed by atoms with Crippen molar-refractivity contribution in [3.05, 3.63) is 75.6 Å². The summed E-state index contributed by atoms with van der Waals surface area (Å²) >= 11 is 0. The van der Waals surface area contributed by atoms with Gasteiger partial charge in [-0.3, -0.25) is 10.1 Å². The monoisotopic (exact) mass is 354 g/mol. The van der Waals surface area contributed by atoms with Crippen molar-refractivity contribution >= 4 is 11.4 Å². The molecule has 0 bridgehead atoms. The topological polar surface area (TPSA) is 64.4 Å². The average Bonchev–Trinajstić information content (AvgIpc) is 3.11. The third-order valence-corrected chi connectivity index (χ3v) is 5.17. The van der Waals surface area contributed by atoms with Crippen molar-refractivity contribution < 1.29 is 14.1 Å². The molecule has 0 aromatic heterocycles. The maximum atomic E-state index is 14.4. The van der Waals surface area contributed by atoms with Crippen LogP contribution >= 0.6 is 0 Å². The van der Waals surface area contributed by atoms with Gasteiger partial charge in [0.05, 0.1) is 23.6 Å². The van der Waals surface area contributed by atoms with Gasteiger partial charge in [0.15, 0.2) is 0 Å². The second kappa shape index (κ2) is 6.44. The summed E-state index contributed by atoms with van der Waals surface area (Å²) in [5, 5.41) is 14.9. The Labute approximate surface area is 150 Å². The summed E-state index contributed by atoms with van der Waals surface area (Å²) in [6, 6.07) is 9.59. The highest BCUT2D eigenvalue weighted by Crippen LogP contribution is 2.53. The predicted octanol–water partition coefficient (Wildman–Crippen LogP) is 4.96. The number of nitro groups is 1. The van der Waals surface area contributed by atoms with Crippen molar-refractivity contribution in [1.29, 1.82) is 0 Å². The van der Waals surface area contributed by atoms with Gasteiger partial charge in [0.2, 0.25) is 0 Å².